The van der Waals surface area contributed by atoms with E-state index in [1.807, 2.05) is 0 Å². The molecule has 1 amide bonds. The Morgan fingerprint density at radius 1 is 0.897 bits per heavy atom. The first kappa shape index (κ1) is 28.8. The number of hydrogen-bond acceptors (Lipinski definition) is 7. The molecule has 208 valence electrons. The van der Waals surface area contributed by atoms with Gasteiger partial charge in [0.2, 0.25) is 15.9 Å². The number of carbonyl (C=O) groups excluding carboxylic acids is 1. The molecular formula is C26H28ClN3O7S2. The lowest BCUT2D eigenvalue weighted by Gasteiger charge is -2.26. The highest BCUT2D eigenvalue weighted by Crippen LogP contribution is 2.24. The first-order chi connectivity index (χ1) is 18.7. The lowest BCUT2D eigenvalue weighted by molar-refractivity contribution is -0.119. The van der Waals surface area contributed by atoms with E-state index in [0.717, 1.165) is 4.31 Å². The number of amides is 1. The standard InChI is InChI=1S/C26H28ClN3O7S2/c27-21-6-10-25(11-7-21)39(34,35)30(22-4-2-1-3-5-22)20-26(31)28-14-17-37-23-8-12-24(13-9-23)38(32,33)29-15-18-36-19-16-29/h1-13H,14-20H2,(H,28,31). The third-order valence-electron chi connectivity index (χ3n) is 5.86. The van der Waals surface area contributed by atoms with E-state index < -0.39 is 32.5 Å². The minimum Gasteiger partial charge on any atom is -0.492 e. The third-order valence-corrected chi connectivity index (χ3v) is 9.81. The van der Waals surface area contributed by atoms with Crippen LogP contribution < -0.4 is 14.4 Å². The fourth-order valence-electron chi connectivity index (χ4n) is 3.83. The van der Waals surface area contributed by atoms with Crippen molar-refractivity contribution in [2.24, 2.45) is 0 Å². The van der Waals surface area contributed by atoms with E-state index in [0.29, 0.717) is 42.8 Å². The zero-order valence-corrected chi connectivity index (χ0v) is 23.3. The quantitative estimate of drug-likeness (QED) is 0.339. The number of morpholine rings is 1. The number of halogens is 1. The van der Waals surface area contributed by atoms with Crippen molar-refractivity contribution >= 4 is 43.2 Å². The summed E-state index contributed by atoms with van der Waals surface area (Å²) >= 11 is 5.90. The van der Waals surface area contributed by atoms with Gasteiger partial charge in [0.15, 0.2) is 0 Å². The maximum Gasteiger partial charge on any atom is 0.264 e. The molecule has 3 aromatic rings. The van der Waals surface area contributed by atoms with Crippen LogP contribution in [0, 0.1) is 0 Å². The number of nitrogens with one attached hydrogen (secondary N) is 1. The number of nitrogens with zero attached hydrogens (tertiary/aromatic N) is 2. The zero-order chi connectivity index (χ0) is 27.9. The Balaban J connectivity index is 1.33. The fourth-order valence-corrected chi connectivity index (χ4v) is 6.79. The van der Waals surface area contributed by atoms with Crippen LogP contribution in [0.25, 0.3) is 0 Å². The molecule has 0 aromatic heterocycles. The molecule has 0 aliphatic carbocycles. The Bertz CT molecular complexity index is 1460. The number of hydrogen-bond donors (Lipinski definition) is 1. The monoisotopic (exact) mass is 593 g/mol. The number of benzene rings is 3. The van der Waals surface area contributed by atoms with Gasteiger partial charge in [-0.15, -0.1) is 0 Å². The minimum absolute atomic E-state index is 0.00553. The van der Waals surface area contributed by atoms with E-state index >= 15 is 0 Å². The van der Waals surface area contributed by atoms with Crippen LogP contribution in [-0.4, -0.2) is 73.0 Å². The van der Waals surface area contributed by atoms with Crippen LogP contribution in [0.2, 0.25) is 5.02 Å². The largest absolute Gasteiger partial charge is 0.492 e. The van der Waals surface area contributed by atoms with Gasteiger partial charge in [-0.2, -0.15) is 4.31 Å². The molecule has 1 saturated heterocycles. The number of rotatable bonds is 11. The maximum absolute atomic E-state index is 13.3. The van der Waals surface area contributed by atoms with Crippen LogP contribution in [0.4, 0.5) is 5.69 Å². The fraction of sp³-hybridized carbons (Fsp3) is 0.269. The number of carbonyl (C=O) groups is 1. The van der Waals surface area contributed by atoms with Crippen molar-refractivity contribution < 1.29 is 31.1 Å². The predicted molar refractivity (Wildman–Crippen MR) is 147 cm³/mol. The van der Waals surface area contributed by atoms with E-state index in [2.05, 4.69) is 5.32 Å². The van der Waals surface area contributed by atoms with E-state index in [1.54, 1.807) is 42.5 Å². The Morgan fingerprint density at radius 3 is 2.15 bits per heavy atom. The Morgan fingerprint density at radius 2 is 1.51 bits per heavy atom. The summed E-state index contributed by atoms with van der Waals surface area (Å²) in [5.41, 5.74) is 0.339. The van der Waals surface area contributed by atoms with Crippen molar-refractivity contribution in [3.63, 3.8) is 0 Å². The summed E-state index contributed by atoms with van der Waals surface area (Å²) in [6.07, 6.45) is 0. The SMILES string of the molecule is O=C(CN(c1ccccc1)S(=O)(=O)c1ccc(Cl)cc1)NCCOc1ccc(S(=O)(=O)N2CCOCC2)cc1. The van der Waals surface area contributed by atoms with Gasteiger partial charge >= 0.3 is 0 Å². The molecule has 0 unspecified atom stereocenters. The second-order valence-electron chi connectivity index (χ2n) is 8.49. The van der Waals surface area contributed by atoms with Crippen LogP contribution in [0.3, 0.4) is 0 Å². The molecule has 1 fully saturated rings. The van der Waals surface area contributed by atoms with Crippen LogP contribution in [0.15, 0.2) is 88.7 Å². The average molecular weight is 594 g/mol. The highest BCUT2D eigenvalue weighted by molar-refractivity contribution is 7.92. The summed E-state index contributed by atoms with van der Waals surface area (Å²) in [5, 5.41) is 3.05. The molecule has 1 N–H and O–H groups in total. The lowest BCUT2D eigenvalue weighted by Crippen LogP contribution is -2.41. The highest BCUT2D eigenvalue weighted by Gasteiger charge is 2.28. The van der Waals surface area contributed by atoms with Crippen molar-refractivity contribution in [2.75, 3.05) is 50.3 Å². The van der Waals surface area contributed by atoms with Gasteiger partial charge in [-0.3, -0.25) is 9.10 Å². The van der Waals surface area contributed by atoms with Gasteiger partial charge in [-0.25, -0.2) is 16.8 Å². The molecule has 0 bridgehead atoms. The van der Waals surface area contributed by atoms with Crippen molar-refractivity contribution in [1.29, 1.82) is 0 Å². The molecule has 0 atom stereocenters. The molecular weight excluding hydrogens is 566 g/mol. The van der Waals surface area contributed by atoms with Gasteiger partial charge in [-0.1, -0.05) is 29.8 Å². The second kappa shape index (κ2) is 12.8. The topological polar surface area (TPSA) is 122 Å². The number of ether oxygens (including phenoxy) is 2. The number of anilines is 1. The minimum atomic E-state index is -4.04. The average Bonchev–Trinajstić information content (AvgIpc) is 2.95. The molecule has 1 aliphatic heterocycles. The molecule has 39 heavy (non-hydrogen) atoms. The highest BCUT2D eigenvalue weighted by atomic mass is 35.5. The van der Waals surface area contributed by atoms with Crippen molar-refractivity contribution in [3.05, 3.63) is 83.9 Å². The van der Waals surface area contributed by atoms with Gasteiger partial charge in [0.1, 0.15) is 18.9 Å². The maximum atomic E-state index is 13.3. The van der Waals surface area contributed by atoms with Crippen molar-refractivity contribution in [1.82, 2.24) is 9.62 Å². The van der Waals surface area contributed by atoms with Gasteiger partial charge in [0.05, 0.1) is 35.2 Å². The van der Waals surface area contributed by atoms with E-state index in [1.165, 1.54) is 40.7 Å². The molecule has 4 rings (SSSR count). The lowest BCUT2D eigenvalue weighted by atomic mass is 10.3. The second-order valence-corrected chi connectivity index (χ2v) is 12.7. The Kier molecular flexibility index (Phi) is 9.46. The molecule has 0 spiro atoms. The zero-order valence-electron chi connectivity index (χ0n) is 20.9. The van der Waals surface area contributed by atoms with Crippen LogP contribution in [0.1, 0.15) is 0 Å². The Hall–Kier alpha value is -3.16. The van der Waals surface area contributed by atoms with Gasteiger partial charge in [-0.05, 0) is 60.7 Å². The van der Waals surface area contributed by atoms with Crippen LogP contribution >= 0.6 is 11.6 Å². The molecule has 0 saturated carbocycles. The van der Waals surface area contributed by atoms with Gasteiger partial charge < -0.3 is 14.8 Å². The molecule has 10 nitrogen and oxygen atoms in total. The summed E-state index contributed by atoms with van der Waals surface area (Å²) in [6, 6.07) is 20.1. The first-order valence-corrected chi connectivity index (χ1v) is 15.3. The summed E-state index contributed by atoms with van der Waals surface area (Å²) in [4.78, 5) is 12.9. The normalized spacial score (nSPS) is 14.5. The van der Waals surface area contributed by atoms with Gasteiger partial charge in [0.25, 0.3) is 10.0 Å². The van der Waals surface area contributed by atoms with E-state index in [9.17, 15) is 21.6 Å². The summed E-state index contributed by atoms with van der Waals surface area (Å²) < 4.78 is 65.3. The van der Waals surface area contributed by atoms with Crippen LogP contribution in [-0.2, 0) is 29.6 Å². The summed E-state index contributed by atoms with van der Waals surface area (Å²) in [6.45, 7) is 1.10. The first-order valence-electron chi connectivity index (χ1n) is 12.1. The van der Waals surface area contributed by atoms with E-state index in [4.69, 9.17) is 21.1 Å². The molecule has 3 aromatic carbocycles. The Labute approximate surface area is 233 Å². The van der Waals surface area contributed by atoms with Crippen LogP contribution in [0.5, 0.6) is 5.75 Å². The summed E-state index contributed by atoms with van der Waals surface area (Å²) in [5.74, 6) is -0.0895. The van der Waals surface area contributed by atoms with Gasteiger partial charge in [0, 0.05) is 18.1 Å². The van der Waals surface area contributed by atoms with E-state index in [-0.39, 0.29) is 22.9 Å². The molecule has 0 radical (unpaired) electrons. The van der Waals surface area contributed by atoms with Crippen molar-refractivity contribution in [3.8, 4) is 5.75 Å². The third kappa shape index (κ3) is 7.28. The number of sulfonamides is 2. The smallest absolute Gasteiger partial charge is 0.264 e. The molecule has 1 aliphatic rings. The number of para-hydroxylation sites is 1. The summed E-state index contributed by atoms with van der Waals surface area (Å²) in [7, 11) is -7.64. The molecule has 1 heterocycles. The van der Waals surface area contributed by atoms with Crippen molar-refractivity contribution in [2.45, 2.75) is 9.79 Å². The molecule has 13 heteroatoms. The predicted octanol–water partition coefficient (Wildman–Crippen LogP) is 2.75.